The quantitative estimate of drug-likeness (QED) is 0.830. The highest BCUT2D eigenvalue weighted by Gasteiger charge is 2.21. The van der Waals surface area contributed by atoms with E-state index >= 15 is 0 Å². The molecule has 2 aromatic heterocycles. The normalized spacial score (nSPS) is 14.1. The standard InChI is InChI=1S/C11H11N3OS2/c12-8(16)4-14-5-13-10-9(11(14)15)6-2-1-3-7(6)17-10/h5H,1-4H2,(H2,12,16). The van der Waals surface area contributed by atoms with Gasteiger partial charge in [-0.15, -0.1) is 11.3 Å². The largest absolute Gasteiger partial charge is 0.392 e. The van der Waals surface area contributed by atoms with Crippen LogP contribution in [0.15, 0.2) is 11.1 Å². The minimum absolute atomic E-state index is 0.0119. The third-order valence-corrected chi connectivity index (χ3v) is 4.35. The Kier molecular flexibility index (Phi) is 2.48. The lowest BCUT2D eigenvalue weighted by atomic mass is 10.2. The first-order valence-electron chi connectivity index (χ1n) is 5.45. The van der Waals surface area contributed by atoms with Gasteiger partial charge in [-0.1, -0.05) is 12.2 Å². The molecule has 17 heavy (non-hydrogen) atoms. The van der Waals surface area contributed by atoms with E-state index < -0.39 is 0 Å². The molecule has 0 saturated carbocycles. The Labute approximate surface area is 107 Å². The second-order valence-electron chi connectivity index (χ2n) is 4.18. The van der Waals surface area contributed by atoms with Crippen molar-refractivity contribution in [2.24, 2.45) is 5.73 Å². The van der Waals surface area contributed by atoms with Gasteiger partial charge in [-0.05, 0) is 24.8 Å². The first kappa shape index (κ1) is 10.9. The molecule has 0 radical (unpaired) electrons. The van der Waals surface area contributed by atoms with Crippen LogP contribution in [0.4, 0.5) is 0 Å². The molecule has 0 fully saturated rings. The van der Waals surface area contributed by atoms with Gasteiger partial charge < -0.3 is 5.73 Å². The number of nitrogens with two attached hydrogens (primary N) is 1. The van der Waals surface area contributed by atoms with Crippen LogP contribution in [0.1, 0.15) is 16.9 Å². The average Bonchev–Trinajstić information content (AvgIpc) is 2.80. The van der Waals surface area contributed by atoms with Crippen LogP contribution < -0.4 is 11.3 Å². The van der Waals surface area contributed by atoms with Crippen molar-refractivity contribution in [3.63, 3.8) is 0 Å². The smallest absolute Gasteiger partial charge is 0.262 e. The van der Waals surface area contributed by atoms with Crippen molar-refractivity contribution in [1.82, 2.24) is 9.55 Å². The predicted octanol–water partition coefficient (Wildman–Crippen LogP) is 1.23. The summed E-state index contributed by atoms with van der Waals surface area (Å²) in [6, 6.07) is 0. The molecule has 0 aromatic carbocycles. The first-order chi connectivity index (χ1) is 8.16. The van der Waals surface area contributed by atoms with Crippen molar-refractivity contribution < 1.29 is 0 Å². The monoisotopic (exact) mass is 265 g/mol. The summed E-state index contributed by atoms with van der Waals surface area (Å²) in [7, 11) is 0. The lowest BCUT2D eigenvalue weighted by molar-refractivity contribution is 0.794. The van der Waals surface area contributed by atoms with E-state index in [0.29, 0.717) is 4.99 Å². The molecule has 0 aliphatic heterocycles. The zero-order chi connectivity index (χ0) is 12.0. The number of nitrogens with zero attached hydrogens (tertiary/aromatic N) is 2. The van der Waals surface area contributed by atoms with Gasteiger partial charge in [-0.2, -0.15) is 0 Å². The highest BCUT2D eigenvalue weighted by molar-refractivity contribution is 7.80. The van der Waals surface area contributed by atoms with Crippen molar-refractivity contribution in [3.05, 3.63) is 27.1 Å². The van der Waals surface area contributed by atoms with E-state index in [1.807, 2.05) is 0 Å². The summed E-state index contributed by atoms with van der Waals surface area (Å²) in [5, 5.41) is 0.779. The van der Waals surface area contributed by atoms with Crippen LogP contribution in [0.25, 0.3) is 10.2 Å². The van der Waals surface area contributed by atoms with Crippen LogP contribution in [-0.4, -0.2) is 14.5 Å². The molecular weight excluding hydrogens is 254 g/mol. The van der Waals surface area contributed by atoms with Crippen molar-refractivity contribution in [2.75, 3.05) is 0 Å². The molecule has 0 atom stereocenters. The van der Waals surface area contributed by atoms with E-state index in [1.54, 1.807) is 11.3 Å². The Morgan fingerprint density at radius 1 is 1.59 bits per heavy atom. The number of aromatic nitrogens is 2. The summed E-state index contributed by atoms with van der Waals surface area (Å²) < 4.78 is 1.50. The van der Waals surface area contributed by atoms with Crippen molar-refractivity contribution >= 4 is 38.8 Å². The predicted molar refractivity (Wildman–Crippen MR) is 72.7 cm³/mol. The van der Waals surface area contributed by atoms with Crippen LogP contribution in [0.2, 0.25) is 0 Å². The van der Waals surface area contributed by atoms with Crippen LogP contribution in [0.3, 0.4) is 0 Å². The molecule has 3 rings (SSSR count). The fourth-order valence-electron chi connectivity index (χ4n) is 2.30. The highest BCUT2D eigenvalue weighted by atomic mass is 32.1. The summed E-state index contributed by atoms with van der Waals surface area (Å²) in [4.78, 5) is 19.1. The van der Waals surface area contributed by atoms with E-state index in [2.05, 4.69) is 4.98 Å². The Bertz CT molecular complexity index is 671. The molecule has 4 nitrogen and oxygen atoms in total. The summed E-state index contributed by atoms with van der Waals surface area (Å²) in [6.07, 6.45) is 4.74. The van der Waals surface area contributed by atoms with Gasteiger partial charge in [0.25, 0.3) is 5.56 Å². The molecule has 0 saturated heterocycles. The van der Waals surface area contributed by atoms with Gasteiger partial charge in [0.15, 0.2) is 0 Å². The van der Waals surface area contributed by atoms with E-state index in [-0.39, 0.29) is 12.1 Å². The van der Waals surface area contributed by atoms with Gasteiger partial charge in [0, 0.05) is 4.88 Å². The molecular formula is C11H11N3OS2. The maximum absolute atomic E-state index is 12.3. The number of thiophene rings is 1. The van der Waals surface area contributed by atoms with Crippen molar-refractivity contribution in [3.8, 4) is 0 Å². The van der Waals surface area contributed by atoms with Crippen LogP contribution >= 0.6 is 23.6 Å². The third-order valence-electron chi connectivity index (χ3n) is 3.02. The van der Waals surface area contributed by atoms with Gasteiger partial charge in [0.1, 0.15) is 4.83 Å². The molecule has 0 unspecified atom stereocenters. The fraction of sp³-hybridized carbons (Fsp3) is 0.364. The van der Waals surface area contributed by atoms with Crippen LogP contribution in [0.5, 0.6) is 0 Å². The molecule has 0 amide bonds. The summed E-state index contributed by atoms with van der Waals surface area (Å²) in [5.41, 5.74) is 6.65. The fourth-order valence-corrected chi connectivity index (χ4v) is 3.66. The molecule has 0 spiro atoms. The van der Waals surface area contributed by atoms with Gasteiger partial charge in [-0.3, -0.25) is 9.36 Å². The number of aryl methyl sites for hydroxylation is 2. The molecule has 2 heterocycles. The molecule has 1 aliphatic carbocycles. The lowest BCUT2D eigenvalue weighted by Crippen LogP contribution is -2.27. The summed E-state index contributed by atoms with van der Waals surface area (Å²) >= 11 is 6.47. The van der Waals surface area contributed by atoms with Gasteiger partial charge in [-0.25, -0.2) is 4.98 Å². The minimum Gasteiger partial charge on any atom is -0.392 e. The Morgan fingerprint density at radius 3 is 3.18 bits per heavy atom. The Hall–Kier alpha value is -1.27. The van der Waals surface area contributed by atoms with E-state index in [0.717, 1.165) is 29.5 Å². The summed E-state index contributed by atoms with van der Waals surface area (Å²) in [5.74, 6) is 0. The third kappa shape index (κ3) is 1.68. The molecule has 6 heteroatoms. The zero-order valence-corrected chi connectivity index (χ0v) is 10.7. The topological polar surface area (TPSA) is 60.9 Å². The minimum atomic E-state index is -0.0119. The molecule has 1 aliphatic rings. The summed E-state index contributed by atoms with van der Waals surface area (Å²) in [6.45, 7) is 0.266. The van der Waals surface area contributed by atoms with Crippen LogP contribution in [0, 0.1) is 0 Å². The van der Waals surface area contributed by atoms with E-state index in [9.17, 15) is 4.79 Å². The lowest BCUT2D eigenvalue weighted by Gasteiger charge is -2.03. The first-order valence-corrected chi connectivity index (χ1v) is 6.67. The van der Waals surface area contributed by atoms with Crippen molar-refractivity contribution in [2.45, 2.75) is 25.8 Å². The van der Waals surface area contributed by atoms with Crippen LogP contribution in [-0.2, 0) is 19.4 Å². The second kappa shape index (κ2) is 3.89. The second-order valence-corrected chi connectivity index (χ2v) is 5.79. The number of thiocarbonyl (C=S) groups is 1. The molecule has 0 bridgehead atoms. The van der Waals surface area contributed by atoms with E-state index in [4.69, 9.17) is 18.0 Å². The number of fused-ring (bicyclic) bond motifs is 3. The van der Waals surface area contributed by atoms with Crippen molar-refractivity contribution in [1.29, 1.82) is 0 Å². The maximum atomic E-state index is 12.3. The number of rotatable bonds is 2. The van der Waals surface area contributed by atoms with E-state index in [1.165, 1.54) is 21.3 Å². The average molecular weight is 265 g/mol. The molecule has 88 valence electrons. The maximum Gasteiger partial charge on any atom is 0.262 e. The highest BCUT2D eigenvalue weighted by Crippen LogP contribution is 2.34. The van der Waals surface area contributed by atoms with Gasteiger partial charge in [0.2, 0.25) is 0 Å². The number of hydrogen-bond donors (Lipinski definition) is 1. The molecule has 2 N–H and O–H groups in total. The SMILES string of the molecule is NC(=S)Cn1cnc2sc3c(c2c1=O)CCC3. The van der Waals surface area contributed by atoms with Gasteiger partial charge in [0.05, 0.1) is 23.2 Å². The molecule has 2 aromatic rings. The number of hydrogen-bond acceptors (Lipinski definition) is 4. The Morgan fingerprint density at radius 2 is 2.41 bits per heavy atom. The Balaban J connectivity index is 2.26. The van der Waals surface area contributed by atoms with Gasteiger partial charge >= 0.3 is 0 Å². The zero-order valence-electron chi connectivity index (χ0n) is 9.10.